The van der Waals surface area contributed by atoms with Crippen LogP contribution in [0.4, 0.5) is 0 Å². The summed E-state index contributed by atoms with van der Waals surface area (Å²) in [5.74, 6) is 0. The molecule has 0 aliphatic heterocycles. The summed E-state index contributed by atoms with van der Waals surface area (Å²) < 4.78 is 8.73. The fourth-order valence-corrected chi connectivity index (χ4v) is 8.83. The van der Waals surface area contributed by atoms with Gasteiger partial charge in [0.15, 0.2) is 0 Å². The number of benzene rings is 7. The topological polar surface area (TPSA) is 18.1 Å². The number of fused-ring (bicyclic) bond motifs is 12. The minimum absolute atomic E-state index is 0.0174. The maximum absolute atomic E-state index is 6.36. The molecule has 11 rings (SSSR count). The van der Waals surface area contributed by atoms with Gasteiger partial charge in [-0.1, -0.05) is 98.8 Å². The monoisotopic (exact) mass is 613 g/mol. The lowest BCUT2D eigenvalue weighted by Crippen LogP contribution is -2.15. The molecule has 2 heteroatoms. The quantitative estimate of drug-likeness (QED) is 0.190. The summed E-state index contributed by atoms with van der Waals surface area (Å²) in [4.78, 5) is 0. The fourth-order valence-electron chi connectivity index (χ4n) is 8.83. The van der Waals surface area contributed by atoms with Crippen LogP contribution in [0.2, 0.25) is 0 Å². The lowest BCUT2D eigenvalue weighted by Gasteiger charge is -2.22. The van der Waals surface area contributed by atoms with Crippen molar-refractivity contribution in [2.45, 2.75) is 25.7 Å². The molecule has 2 aromatic heterocycles. The Morgan fingerprint density at radius 2 is 1.23 bits per heavy atom. The average molecular weight is 614 g/mol. The third-order valence-electron chi connectivity index (χ3n) is 11.2. The lowest BCUT2D eigenvalue weighted by molar-refractivity contribution is 0.659. The standard InChI is InChI=1S/C46H31NO/c1-46(2)40-14-8-6-12-32(40)36-24-35-30(23-41(36)46)20-29-17-16-27(21-34(29)35)28-18-19-42-37(22-28)38-25-39-33-13-7-9-15-44(33)48-45(39)26-43(38)47(42)31-10-4-3-5-11-31/h3-19,21-26H,20H2,1-2H3. The van der Waals surface area contributed by atoms with Crippen LogP contribution in [-0.2, 0) is 11.8 Å². The Morgan fingerprint density at radius 1 is 0.479 bits per heavy atom. The van der Waals surface area contributed by atoms with Gasteiger partial charge < -0.3 is 8.98 Å². The Kier molecular flexibility index (Phi) is 5.00. The first-order valence-corrected chi connectivity index (χ1v) is 16.9. The molecular weight excluding hydrogens is 583 g/mol. The number of hydrogen-bond donors (Lipinski definition) is 0. The highest BCUT2D eigenvalue weighted by atomic mass is 16.3. The fraction of sp³-hybridized carbons (Fsp3) is 0.0870. The SMILES string of the molecule is CC1(C)c2ccccc2-c2cc3c(cc21)Cc1ccc(-c2ccc4c(c2)c2cc5c(cc2n4-c2ccccc2)oc2ccccc25)cc1-3. The van der Waals surface area contributed by atoms with Crippen molar-refractivity contribution in [1.29, 1.82) is 0 Å². The molecule has 0 saturated heterocycles. The first-order valence-electron chi connectivity index (χ1n) is 16.9. The van der Waals surface area contributed by atoms with Crippen LogP contribution in [-0.4, -0.2) is 4.57 Å². The molecule has 2 aliphatic rings. The van der Waals surface area contributed by atoms with Crippen LogP contribution in [0.1, 0.15) is 36.1 Å². The van der Waals surface area contributed by atoms with Crippen LogP contribution < -0.4 is 0 Å². The van der Waals surface area contributed by atoms with E-state index in [0.29, 0.717) is 0 Å². The molecule has 0 saturated carbocycles. The summed E-state index contributed by atoms with van der Waals surface area (Å²) >= 11 is 0. The van der Waals surface area contributed by atoms with Gasteiger partial charge in [-0.2, -0.15) is 0 Å². The van der Waals surface area contributed by atoms with E-state index in [2.05, 4.69) is 152 Å². The van der Waals surface area contributed by atoms with Crippen LogP contribution in [0.25, 0.3) is 82.8 Å². The predicted octanol–water partition coefficient (Wildman–Crippen LogP) is 12.2. The molecule has 48 heavy (non-hydrogen) atoms. The van der Waals surface area contributed by atoms with Gasteiger partial charge in [0.1, 0.15) is 11.2 Å². The van der Waals surface area contributed by atoms with Crippen LogP contribution in [0.15, 0.2) is 144 Å². The lowest BCUT2D eigenvalue weighted by atomic mass is 9.81. The van der Waals surface area contributed by atoms with E-state index in [9.17, 15) is 0 Å². The molecule has 0 unspecified atom stereocenters. The molecule has 7 aromatic carbocycles. The first-order chi connectivity index (χ1) is 23.5. The van der Waals surface area contributed by atoms with Gasteiger partial charge in [-0.15, -0.1) is 0 Å². The van der Waals surface area contributed by atoms with Crippen molar-refractivity contribution in [2.75, 3.05) is 0 Å². The zero-order valence-corrected chi connectivity index (χ0v) is 26.8. The Bertz CT molecular complexity index is 2830. The van der Waals surface area contributed by atoms with Crippen molar-refractivity contribution in [3.8, 4) is 39.1 Å². The smallest absolute Gasteiger partial charge is 0.137 e. The molecule has 0 fully saturated rings. The number of aromatic nitrogens is 1. The molecule has 0 atom stereocenters. The largest absolute Gasteiger partial charge is 0.456 e. The summed E-state index contributed by atoms with van der Waals surface area (Å²) in [6, 6.07) is 51.6. The van der Waals surface area contributed by atoms with Gasteiger partial charge >= 0.3 is 0 Å². The second kappa shape index (κ2) is 9.14. The van der Waals surface area contributed by atoms with Crippen molar-refractivity contribution in [3.63, 3.8) is 0 Å². The zero-order valence-electron chi connectivity index (χ0n) is 26.8. The molecule has 2 nitrogen and oxygen atoms in total. The molecular formula is C46H31NO. The van der Waals surface area contributed by atoms with E-state index in [1.54, 1.807) is 0 Å². The van der Waals surface area contributed by atoms with Crippen molar-refractivity contribution in [2.24, 2.45) is 0 Å². The van der Waals surface area contributed by atoms with Crippen molar-refractivity contribution in [1.82, 2.24) is 4.57 Å². The molecule has 0 amide bonds. The molecule has 2 aliphatic carbocycles. The number of nitrogens with zero attached hydrogens (tertiary/aromatic N) is 1. The Balaban J connectivity index is 1.11. The van der Waals surface area contributed by atoms with Gasteiger partial charge in [-0.05, 0) is 111 Å². The third kappa shape index (κ3) is 3.42. The Labute approximate surface area is 278 Å². The minimum atomic E-state index is 0.0174. The minimum Gasteiger partial charge on any atom is -0.456 e. The second-order valence-electron chi connectivity index (χ2n) is 14.1. The normalized spacial score (nSPS) is 14.1. The summed E-state index contributed by atoms with van der Waals surface area (Å²) in [5.41, 5.74) is 19.1. The number of furan rings is 1. The predicted molar refractivity (Wildman–Crippen MR) is 199 cm³/mol. The van der Waals surface area contributed by atoms with Gasteiger partial charge in [0, 0.05) is 38.7 Å². The number of rotatable bonds is 2. The zero-order chi connectivity index (χ0) is 31.7. The van der Waals surface area contributed by atoms with E-state index in [0.717, 1.165) is 39.6 Å². The van der Waals surface area contributed by atoms with Crippen molar-refractivity contribution in [3.05, 3.63) is 162 Å². The number of para-hydroxylation sites is 2. The Hall–Kier alpha value is -5.86. The van der Waals surface area contributed by atoms with Gasteiger partial charge in [-0.25, -0.2) is 0 Å². The van der Waals surface area contributed by atoms with E-state index < -0.39 is 0 Å². The summed E-state index contributed by atoms with van der Waals surface area (Å²) in [6.45, 7) is 4.74. The van der Waals surface area contributed by atoms with Gasteiger partial charge in [0.25, 0.3) is 0 Å². The van der Waals surface area contributed by atoms with E-state index in [-0.39, 0.29) is 5.41 Å². The maximum atomic E-state index is 6.36. The maximum Gasteiger partial charge on any atom is 0.137 e. The Morgan fingerprint density at radius 3 is 2.15 bits per heavy atom. The van der Waals surface area contributed by atoms with Crippen LogP contribution in [0.5, 0.6) is 0 Å². The first kappa shape index (κ1) is 26.2. The molecule has 0 bridgehead atoms. The molecule has 2 heterocycles. The molecule has 226 valence electrons. The molecule has 0 N–H and O–H groups in total. The van der Waals surface area contributed by atoms with E-state index in [4.69, 9.17) is 4.42 Å². The van der Waals surface area contributed by atoms with Crippen molar-refractivity contribution >= 4 is 43.7 Å². The second-order valence-corrected chi connectivity index (χ2v) is 14.1. The highest BCUT2D eigenvalue weighted by Crippen LogP contribution is 2.52. The average Bonchev–Trinajstić information content (AvgIpc) is 3.83. The van der Waals surface area contributed by atoms with Gasteiger partial charge in [-0.3, -0.25) is 0 Å². The van der Waals surface area contributed by atoms with Crippen LogP contribution in [0.3, 0.4) is 0 Å². The highest BCUT2D eigenvalue weighted by molar-refractivity contribution is 6.18. The van der Waals surface area contributed by atoms with E-state index in [1.165, 1.54) is 71.9 Å². The van der Waals surface area contributed by atoms with E-state index in [1.807, 2.05) is 6.07 Å². The van der Waals surface area contributed by atoms with E-state index >= 15 is 0 Å². The van der Waals surface area contributed by atoms with Crippen LogP contribution in [0, 0.1) is 0 Å². The summed E-state index contributed by atoms with van der Waals surface area (Å²) in [5, 5.41) is 4.79. The summed E-state index contributed by atoms with van der Waals surface area (Å²) in [7, 11) is 0. The number of hydrogen-bond acceptors (Lipinski definition) is 1. The van der Waals surface area contributed by atoms with Crippen LogP contribution >= 0.6 is 0 Å². The van der Waals surface area contributed by atoms with Crippen molar-refractivity contribution < 1.29 is 4.42 Å². The molecule has 9 aromatic rings. The van der Waals surface area contributed by atoms with Gasteiger partial charge in [0.2, 0.25) is 0 Å². The molecule has 0 radical (unpaired) electrons. The van der Waals surface area contributed by atoms with Gasteiger partial charge in [0.05, 0.1) is 11.0 Å². The summed E-state index contributed by atoms with van der Waals surface area (Å²) in [6.07, 6.45) is 0.989. The highest BCUT2D eigenvalue weighted by Gasteiger charge is 2.37. The third-order valence-corrected chi connectivity index (χ3v) is 11.2. The molecule has 0 spiro atoms.